The van der Waals surface area contributed by atoms with Crippen LogP contribution in [0, 0.1) is 6.92 Å². The van der Waals surface area contributed by atoms with Crippen LogP contribution in [0.1, 0.15) is 39.9 Å². The predicted molar refractivity (Wildman–Crippen MR) is 118 cm³/mol. The molecule has 0 bridgehead atoms. The summed E-state index contributed by atoms with van der Waals surface area (Å²) in [6, 6.07) is 11.5. The summed E-state index contributed by atoms with van der Waals surface area (Å²) in [4.78, 5) is 21.8. The molecule has 0 unspecified atom stereocenters. The number of aromatic nitrogens is 2. The van der Waals surface area contributed by atoms with Crippen LogP contribution in [0.4, 0.5) is 17.2 Å². The minimum atomic E-state index is -0.0112. The SMILES string of the molecule is CC.CCc1cnc(C)nc1Nc1ccc(NC(=O)Cc2cccs2)cc1.[HH].[HH]. The lowest BCUT2D eigenvalue weighted by atomic mass is 10.2. The average Bonchev–Trinajstić information content (AvgIpc) is 3.18. The first-order valence-corrected chi connectivity index (χ1v) is 10.0. The number of thiophene rings is 1. The molecule has 2 N–H and O–H groups in total. The molecule has 0 radical (unpaired) electrons. The van der Waals surface area contributed by atoms with E-state index in [9.17, 15) is 4.79 Å². The Labute approximate surface area is 167 Å². The van der Waals surface area contributed by atoms with Crippen LogP contribution < -0.4 is 10.6 Å². The van der Waals surface area contributed by atoms with Gasteiger partial charge in [-0.15, -0.1) is 11.3 Å². The van der Waals surface area contributed by atoms with E-state index in [1.54, 1.807) is 11.3 Å². The van der Waals surface area contributed by atoms with Crippen molar-refractivity contribution in [1.82, 2.24) is 9.97 Å². The number of rotatable bonds is 6. The maximum atomic E-state index is 12.0. The van der Waals surface area contributed by atoms with Gasteiger partial charge >= 0.3 is 0 Å². The van der Waals surface area contributed by atoms with Gasteiger partial charge in [0.15, 0.2) is 0 Å². The van der Waals surface area contributed by atoms with E-state index in [2.05, 4.69) is 27.5 Å². The van der Waals surface area contributed by atoms with E-state index < -0.39 is 0 Å². The number of hydrogen-bond donors (Lipinski definition) is 2. The van der Waals surface area contributed by atoms with Gasteiger partial charge in [-0.1, -0.05) is 26.8 Å². The second-order valence-corrected chi connectivity index (χ2v) is 6.68. The molecule has 6 heteroatoms. The lowest BCUT2D eigenvalue weighted by Crippen LogP contribution is -2.13. The first-order chi connectivity index (χ1) is 13.1. The van der Waals surface area contributed by atoms with Crippen LogP contribution in [0.3, 0.4) is 0 Å². The summed E-state index contributed by atoms with van der Waals surface area (Å²) in [5, 5.41) is 8.21. The Bertz CT molecular complexity index is 856. The number of hydrogen-bond acceptors (Lipinski definition) is 5. The van der Waals surface area contributed by atoms with Crippen LogP contribution in [-0.2, 0) is 17.6 Å². The molecule has 0 aliphatic rings. The second kappa shape index (κ2) is 10.4. The number of amides is 1. The van der Waals surface area contributed by atoms with Crippen LogP contribution in [0.5, 0.6) is 0 Å². The quantitative estimate of drug-likeness (QED) is 0.557. The minimum absolute atomic E-state index is 0. The van der Waals surface area contributed by atoms with Gasteiger partial charge in [0.25, 0.3) is 0 Å². The molecular formula is C21H30N4OS. The molecule has 0 saturated heterocycles. The van der Waals surface area contributed by atoms with E-state index in [1.807, 2.05) is 68.7 Å². The van der Waals surface area contributed by atoms with Crippen LogP contribution in [0.25, 0.3) is 0 Å². The number of aryl methyl sites for hydroxylation is 2. The summed E-state index contributed by atoms with van der Waals surface area (Å²) in [6.45, 7) is 7.95. The number of nitrogens with zero attached hydrogens (tertiary/aromatic N) is 2. The molecule has 2 aromatic heterocycles. The van der Waals surface area contributed by atoms with Crippen LogP contribution in [-0.4, -0.2) is 15.9 Å². The monoisotopic (exact) mass is 386 g/mol. The van der Waals surface area contributed by atoms with Crippen molar-refractivity contribution in [1.29, 1.82) is 0 Å². The highest BCUT2D eigenvalue weighted by Crippen LogP contribution is 2.21. The van der Waals surface area contributed by atoms with Gasteiger partial charge in [-0.2, -0.15) is 0 Å². The minimum Gasteiger partial charge on any atom is -0.340 e. The normalized spacial score (nSPS) is 9.93. The Kier molecular flexibility index (Phi) is 7.95. The van der Waals surface area contributed by atoms with Gasteiger partial charge < -0.3 is 10.6 Å². The molecule has 27 heavy (non-hydrogen) atoms. The van der Waals surface area contributed by atoms with E-state index in [0.717, 1.165) is 39.9 Å². The van der Waals surface area contributed by atoms with E-state index in [0.29, 0.717) is 6.42 Å². The van der Waals surface area contributed by atoms with Crippen LogP contribution in [0.2, 0.25) is 0 Å². The number of carbonyl (C=O) groups excluding carboxylic acids is 1. The molecule has 2 heterocycles. The van der Waals surface area contributed by atoms with Crippen LogP contribution >= 0.6 is 11.3 Å². The van der Waals surface area contributed by atoms with E-state index in [4.69, 9.17) is 0 Å². The Morgan fingerprint density at radius 3 is 2.48 bits per heavy atom. The number of nitrogens with one attached hydrogen (secondary N) is 2. The van der Waals surface area contributed by atoms with E-state index >= 15 is 0 Å². The highest BCUT2D eigenvalue weighted by atomic mass is 32.1. The number of benzene rings is 1. The van der Waals surface area contributed by atoms with Crippen molar-refractivity contribution >= 4 is 34.4 Å². The molecule has 0 aliphatic carbocycles. The number of anilines is 3. The van der Waals surface area contributed by atoms with Crippen molar-refractivity contribution in [2.75, 3.05) is 10.6 Å². The van der Waals surface area contributed by atoms with Crippen molar-refractivity contribution in [3.05, 3.63) is 64.2 Å². The van der Waals surface area contributed by atoms with E-state index in [-0.39, 0.29) is 8.76 Å². The third-order valence-corrected chi connectivity index (χ3v) is 4.59. The van der Waals surface area contributed by atoms with Crippen molar-refractivity contribution in [2.24, 2.45) is 0 Å². The van der Waals surface area contributed by atoms with Gasteiger partial charge in [0.05, 0.1) is 6.42 Å². The largest absolute Gasteiger partial charge is 0.340 e. The zero-order valence-electron chi connectivity index (χ0n) is 16.2. The molecular weight excluding hydrogens is 356 g/mol. The summed E-state index contributed by atoms with van der Waals surface area (Å²) in [5.74, 6) is 1.55. The molecule has 146 valence electrons. The molecule has 1 aromatic carbocycles. The standard InChI is InChI=1S/C19H20N4OS.C2H6.2H2/c1-3-14-12-20-13(2)21-19(14)23-16-8-6-15(7-9-16)22-18(24)11-17-5-4-10-25-17;1-2;;/h4-10,12H,3,11H2,1-2H3,(H,22,24)(H,20,21,23);1-2H3;2*1H. The third kappa shape index (κ3) is 6.18. The first-order valence-electron chi connectivity index (χ1n) is 9.16. The Morgan fingerprint density at radius 2 is 1.85 bits per heavy atom. The van der Waals surface area contributed by atoms with Gasteiger partial charge in [0.1, 0.15) is 11.6 Å². The fourth-order valence-corrected chi connectivity index (χ4v) is 3.12. The van der Waals surface area contributed by atoms with Gasteiger partial charge in [-0.3, -0.25) is 4.79 Å². The van der Waals surface area contributed by atoms with Crippen molar-refractivity contribution in [2.45, 2.75) is 40.5 Å². The summed E-state index contributed by atoms with van der Waals surface area (Å²) in [6.07, 6.45) is 3.11. The lowest BCUT2D eigenvalue weighted by Gasteiger charge is -2.11. The second-order valence-electron chi connectivity index (χ2n) is 5.65. The summed E-state index contributed by atoms with van der Waals surface area (Å²) in [7, 11) is 0. The molecule has 5 nitrogen and oxygen atoms in total. The molecule has 1 amide bonds. The Balaban J connectivity index is 0.00000190. The molecule has 0 atom stereocenters. The molecule has 0 fully saturated rings. The van der Waals surface area contributed by atoms with Crippen molar-refractivity contribution in [3.63, 3.8) is 0 Å². The third-order valence-electron chi connectivity index (χ3n) is 3.71. The Hall–Kier alpha value is -2.73. The highest BCUT2D eigenvalue weighted by Gasteiger charge is 2.07. The topological polar surface area (TPSA) is 66.9 Å². The van der Waals surface area contributed by atoms with Crippen molar-refractivity contribution < 1.29 is 7.65 Å². The maximum absolute atomic E-state index is 12.0. The Morgan fingerprint density at radius 1 is 1.15 bits per heavy atom. The summed E-state index contributed by atoms with van der Waals surface area (Å²) < 4.78 is 0. The number of carbonyl (C=O) groups is 1. The van der Waals surface area contributed by atoms with Crippen molar-refractivity contribution in [3.8, 4) is 0 Å². The zero-order chi connectivity index (χ0) is 19.6. The smallest absolute Gasteiger partial charge is 0.229 e. The summed E-state index contributed by atoms with van der Waals surface area (Å²) >= 11 is 1.59. The first kappa shape index (κ1) is 20.6. The van der Waals surface area contributed by atoms with Gasteiger partial charge in [0.2, 0.25) is 5.91 Å². The fraction of sp³-hybridized carbons (Fsp3) is 0.286. The molecule has 0 spiro atoms. The zero-order valence-corrected chi connectivity index (χ0v) is 17.1. The average molecular weight is 387 g/mol. The molecule has 0 aliphatic heterocycles. The highest BCUT2D eigenvalue weighted by molar-refractivity contribution is 7.10. The predicted octanol–water partition coefficient (Wildman–Crippen LogP) is 5.85. The maximum Gasteiger partial charge on any atom is 0.229 e. The van der Waals surface area contributed by atoms with Crippen LogP contribution in [0.15, 0.2) is 48.0 Å². The lowest BCUT2D eigenvalue weighted by molar-refractivity contribution is -0.115. The summed E-state index contributed by atoms with van der Waals surface area (Å²) in [5.41, 5.74) is 2.77. The molecule has 3 aromatic rings. The molecule has 3 rings (SSSR count). The molecule has 0 saturated carbocycles. The fourth-order valence-electron chi connectivity index (χ4n) is 2.41. The van der Waals surface area contributed by atoms with Gasteiger partial charge in [0, 0.05) is 30.9 Å². The van der Waals surface area contributed by atoms with Gasteiger partial charge in [-0.25, -0.2) is 9.97 Å². The van der Waals surface area contributed by atoms with Gasteiger partial charge in [-0.05, 0) is 49.1 Å². The van der Waals surface area contributed by atoms with E-state index in [1.165, 1.54) is 0 Å².